The molecule has 0 radical (unpaired) electrons. The molecule has 0 aliphatic carbocycles. The third-order valence-electron chi connectivity index (χ3n) is 3.46. The van der Waals surface area contributed by atoms with Crippen molar-refractivity contribution in [2.75, 3.05) is 7.05 Å². The third kappa shape index (κ3) is 3.64. The Hall–Kier alpha value is -1.68. The first kappa shape index (κ1) is 13.7. The fraction of sp³-hybridized carbons (Fsp3) is 0.467. The Morgan fingerprint density at radius 1 is 1.37 bits per heavy atom. The topological polar surface area (TPSA) is 42.7 Å². The maximum atomic E-state index is 4.50. The van der Waals surface area contributed by atoms with E-state index in [4.69, 9.17) is 0 Å². The van der Waals surface area contributed by atoms with Crippen LogP contribution < -0.4 is 5.32 Å². The highest BCUT2D eigenvalue weighted by molar-refractivity contribution is 5.14. The Balaban J connectivity index is 2.04. The van der Waals surface area contributed by atoms with Crippen molar-refractivity contribution >= 4 is 0 Å². The van der Waals surface area contributed by atoms with Crippen LogP contribution in [0.4, 0.5) is 0 Å². The van der Waals surface area contributed by atoms with Gasteiger partial charge in [-0.25, -0.2) is 0 Å². The Kier molecular flexibility index (Phi) is 4.68. The monoisotopic (exact) mass is 258 g/mol. The summed E-state index contributed by atoms with van der Waals surface area (Å²) in [6.07, 6.45) is 6.70. The van der Waals surface area contributed by atoms with Gasteiger partial charge in [-0.1, -0.05) is 13.0 Å². The van der Waals surface area contributed by atoms with E-state index in [2.05, 4.69) is 34.5 Å². The highest BCUT2D eigenvalue weighted by Crippen LogP contribution is 2.10. The minimum absolute atomic E-state index is 0.407. The average molecular weight is 258 g/mol. The lowest BCUT2D eigenvalue weighted by atomic mass is 10.0. The Morgan fingerprint density at radius 3 is 2.79 bits per heavy atom. The zero-order valence-corrected chi connectivity index (χ0v) is 11.9. The zero-order chi connectivity index (χ0) is 13.7. The van der Waals surface area contributed by atoms with Gasteiger partial charge in [0.2, 0.25) is 0 Å². The quantitative estimate of drug-likeness (QED) is 0.858. The predicted molar refractivity (Wildman–Crippen MR) is 77.1 cm³/mol. The van der Waals surface area contributed by atoms with Crippen molar-refractivity contribution in [1.82, 2.24) is 20.1 Å². The number of aryl methyl sites for hydroxylation is 2. The van der Waals surface area contributed by atoms with Gasteiger partial charge in [0, 0.05) is 37.6 Å². The van der Waals surface area contributed by atoms with Gasteiger partial charge in [0.05, 0.1) is 5.69 Å². The molecule has 0 amide bonds. The van der Waals surface area contributed by atoms with Gasteiger partial charge in [0.1, 0.15) is 0 Å². The first-order valence-corrected chi connectivity index (χ1v) is 6.81. The van der Waals surface area contributed by atoms with Gasteiger partial charge >= 0.3 is 0 Å². The van der Waals surface area contributed by atoms with Crippen LogP contribution in [0.25, 0.3) is 0 Å². The Bertz CT molecular complexity index is 504. The number of rotatable bonds is 6. The Morgan fingerprint density at radius 2 is 2.21 bits per heavy atom. The summed E-state index contributed by atoms with van der Waals surface area (Å²) in [7, 11) is 4.03. The van der Waals surface area contributed by atoms with Crippen molar-refractivity contribution in [3.05, 3.63) is 47.5 Å². The van der Waals surface area contributed by atoms with E-state index in [1.165, 1.54) is 11.3 Å². The molecule has 1 unspecified atom stereocenters. The van der Waals surface area contributed by atoms with Crippen LogP contribution in [0, 0.1) is 0 Å². The normalized spacial score (nSPS) is 12.6. The summed E-state index contributed by atoms with van der Waals surface area (Å²) >= 11 is 0. The van der Waals surface area contributed by atoms with E-state index in [-0.39, 0.29) is 0 Å². The average Bonchev–Trinajstić information content (AvgIpc) is 2.80. The summed E-state index contributed by atoms with van der Waals surface area (Å²) in [5, 5.41) is 7.88. The molecule has 0 aromatic carbocycles. The van der Waals surface area contributed by atoms with Gasteiger partial charge in [-0.05, 0) is 37.6 Å². The largest absolute Gasteiger partial charge is 0.316 e. The van der Waals surface area contributed by atoms with E-state index in [0.29, 0.717) is 6.04 Å². The van der Waals surface area contributed by atoms with Crippen LogP contribution >= 0.6 is 0 Å². The molecule has 4 heteroatoms. The molecular formula is C15H22N4. The van der Waals surface area contributed by atoms with Crippen molar-refractivity contribution in [3.8, 4) is 0 Å². The fourth-order valence-electron chi connectivity index (χ4n) is 2.27. The molecular weight excluding hydrogens is 236 g/mol. The fourth-order valence-corrected chi connectivity index (χ4v) is 2.27. The molecule has 0 bridgehead atoms. The summed E-state index contributed by atoms with van der Waals surface area (Å²) in [4.78, 5) is 4.17. The summed E-state index contributed by atoms with van der Waals surface area (Å²) in [6, 6.07) is 6.72. The van der Waals surface area contributed by atoms with Crippen molar-refractivity contribution in [2.24, 2.45) is 7.05 Å². The van der Waals surface area contributed by atoms with Gasteiger partial charge in [0.15, 0.2) is 0 Å². The molecule has 19 heavy (non-hydrogen) atoms. The van der Waals surface area contributed by atoms with E-state index in [1.54, 1.807) is 0 Å². The van der Waals surface area contributed by atoms with Crippen LogP contribution in [0.2, 0.25) is 0 Å². The lowest BCUT2D eigenvalue weighted by Gasteiger charge is -2.16. The van der Waals surface area contributed by atoms with E-state index in [9.17, 15) is 0 Å². The molecule has 2 aromatic rings. The molecule has 1 N–H and O–H groups in total. The second kappa shape index (κ2) is 6.48. The van der Waals surface area contributed by atoms with Gasteiger partial charge in [-0.2, -0.15) is 5.10 Å². The number of nitrogens with one attached hydrogen (secondary N) is 1. The van der Waals surface area contributed by atoms with Gasteiger partial charge in [-0.15, -0.1) is 0 Å². The Labute approximate surface area is 114 Å². The first-order chi connectivity index (χ1) is 9.22. The molecule has 102 valence electrons. The van der Waals surface area contributed by atoms with Crippen molar-refractivity contribution in [2.45, 2.75) is 32.2 Å². The van der Waals surface area contributed by atoms with E-state index >= 15 is 0 Å². The second-order valence-electron chi connectivity index (χ2n) is 4.86. The lowest BCUT2D eigenvalue weighted by molar-refractivity contribution is 0.533. The van der Waals surface area contributed by atoms with Crippen LogP contribution in [-0.4, -0.2) is 27.9 Å². The number of aromatic nitrogens is 3. The predicted octanol–water partition coefficient (Wildman–Crippen LogP) is 1.75. The summed E-state index contributed by atoms with van der Waals surface area (Å²) in [5.41, 5.74) is 3.70. The second-order valence-corrected chi connectivity index (χ2v) is 4.86. The minimum Gasteiger partial charge on any atom is -0.316 e. The van der Waals surface area contributed by atoms with Gasteiger partial charge in [-0.3, -0.25) is 9.67 Å². The molecule has 4 nitrogen and oxygen atoms in total. The van der Waals surface area contributed by atoms with Crippen LogP contribution in [0.15, 0.2) is 30.6 Å². The maximum Gasteiger partial charge on any atom is 0.0624 e. The number of hydrogen-bond donors (Lipinski definition) is 1. The molecule has 2 heterocycles. The first-order valence-electron chi connectivity index (χ1n) is 6.81. The highest BCUT2D eigenvalue weighted by atomic mass is 15.3. The van der Waals surface area contributed by atoms with Gasteiger partial charge in [0.25, 0.3) is 0 Å². The molecule has 0 spiro atoms. The van der Waals surface area contributed by atoms with Crippen molar-refractivity contribution in [1.29, 1.82) is 0 Å². The van der Waals surface area contributed by atoms with Gasteiger partial charge < -0.3 is 5.32 Å². The molecule has 0 aliphatic rings. The smallest absolute Gasteiger partial charge is 0.0624 e. The van der Waals surface area contributed by atoms with Crippen molar-refractivity contribution in [3.63, 3.8) is 0 Å². The van der Waals surface area contributed by atoms with E-state index in [0.717, 1.165) is 25.0 Å². The molecule has 0 saturated carbocycles. The molecule has 1 atom stereocenters. The molecule has 0 aliphatic heterocycles. The van der Waals surface area contributed by atoms with Crippen molar-refractivity contribution < 1.29 is 0 Å². The summed E-state index contributed by atoms with van der Waals surface area (Å²) < 4.78 is 1.99. The molecule has 2 aromatic heterocycles. The van der Waals surface area contributed by atoms with Crippen LogP contribution in [0.3, 0.4) is 0 Å². The van der Waals surface area contributed by atoms with Crippen LogP contribution in [0.5, 0.6) is 0 Å². The number of nitrogens with zero attached hydrogens (tertiary/aromatic N) is 3. The van der Waals surface area contributed by atoms with E-state index < -0.39 is 0 Å². The minimum atomic E-state index is 0.407. The number of pyridine rings is 1. The third-order valence-corrected chi connectivity index (χ3v) is 3.46. The zero-order valence-electron chi connectivity index (χ0n) is 11.9. The van der Waals surface area contributed by atoms with E-state index in [1.807, 2.05) is 37.2 Å². The summed E-state index contributed by atoms with van der Waals surface area (Å²) in [5.74, 6) is 0. The highest BCUT2D eigenvalue weighted by Gasteiger charge is 2.12. The molecule has 0 saturated heterocycles. The lowest BCUT2D eigenvalue weighted by Crippen LogP contribution is -2.30. The summed E-state index contributed by atoms with van der Waals surface area (Å²) in [6.45, 7) is 2.14. The number of hydrogen-bond acceptors (Lipinski definition) is 3. The number of likely N-dealkylation sites (N-methyl/N-ethyl adjacent to an activating group) is 1. The van der Waals surface area contributed by atoms with Crippen LogP contribution in [0.1, 0.15) is 23.9 Å². The SMILES string of the molecule is CCc1cc(CC(Cc2cccnc2)NC)n(C)n1. The van der Waals surface area contributed by atoms with Crippen LogP contribution in [-0.2, 0) is 26.3 Å². The standard InChI is InChI=1S/C15H22N4/c1-4-13-9-15(19(3)18-13)10-14(16-2)8-12-6-5-7-17-11-12/h5-7,9,11,14,16H,4,8,10H2,1-3H3. The molecule has 0 fully saturated rings. The molecule has 2 rings (SSSR count). The maximum absolute atomic E-state index is 4.50.